The number of nitrogens with one attached hydrogen (secondary N) is 1. The minimum absolute atomic E-state index is 0.210. The zero-order valence-corrected chi connectivity index (χ0v) is 11.3. The predicted molar refractivity (Wildman–Crippen MR) is 73.8 cm³/mol. The Kier molecular flexibility index (Phi) is 2.70. The van der Waals surface area contributed by atoms with Gasteiger partial charge >= 0.3 is 0 Å². The van der Waals surface area contributed by atoms with Gasteiger partial charge in [-0.05, 0) is 6.92 Å². The Morgan fingerprint density at radius 3 is 2.70 bits per heavy atom. The quantitative estimate of drug-likeness (QED) is 0.730. The van der Waals surface area contributed by atoms with E-state index in [0.29, 0.717) is 17.1 Å². The van der Waals surface area contributed by atoms with Crippen LogP contribution < -0.4 is 10.9 Å². The molecule has 3 heterocycles. The van der Waals surface area contributed by atoms with Gasteiger partial charge in [-0.1, -0.05) is 0 Å². The summed E-state index contributed by atoms with van der Waals surface area (Å²) in [7, 11) is 3.48. The zero-order chi connectivity index (χ0) is 14.3. The lowest BCUT2D eigenvalue weighted by atomic mass is 10.4. The van der Waals surface area contributed by atoms with Crippen molar-refractivity contribution >= 4 is 22.9 Å². The van der Waals surface area contributed by atoms with Gasteiger partial charge in [0, 0.05) is 20.2 Å². The van der Waals surface area contributed by atoms with E-state index in [1.165, 1.54) is 10.8 Å². The van der Waals surface area contributed by atoms with Crippen LogP contribution in [-0.2, 0) is 14.1 Å². The summed E-state index contributed by atoms with van der Waals surface area (Å²) < 4.78 is 3.13. The number of anilines is 2. The Bertz CT molecular complexity index is 849. The lowest BCUT2D eigenvalue weighted by Crippen LogP contribution is -2.18. The maximum Gasteiger partial charge on any atom is 0.270 e. The van der Waals surface area contributed by atoms with Gasteiger partial charge in [-0.25, -0.2) is 9.97 Å². The van der Waals surface area contributed by atoms with E-state index in [1.54, 1.807) is 17.9 Å². The number of aromatic nitrogens is 6. The lowest BCUT2D eigenvalue weighted by Gasteiger charge is -2.06. The Balaban J connectivity index is 2.07. The minimum atomic E-state index is -0.210. The first-order chi connectivity index (χ1) is 9.54. The van der Waals surface area contributed by atoms with Gasteiger partial charge in [0.2, 0.25) is 5.95 Å². The van der Waals surface area contributed by atoms with Crippen LogP contribution in [0.3, 0.4) is 0 Å². The van der Waals surface area contributed by atoms with E-state index in [-0.39, 0.29) is 5.56 Å². The van der Waals surface area contributed by atoms with Crippen molar-refractivity contribution in [2.75, 3.05) is 5.32 Å². The molecule has 0 aromatic carbocycles. The molecule has 0 saturated heterocycles. The Labute approximate surface area is 114 Å². The molecule has 3 rings (SSSR count). The highest BCUT2D eigenvalue weighted by molar-refractivity contribution is 5.70. The molecule has 0 radical (unpaired) electrons. The monoisotopic (exact) mass is 271 g/mol. The third-order valence-corrected chi connectivity index (χ3v) is 2.95. The molecule has 0 aliphatic rings. The Hall–Kier alpha value is -2.77. The van der Waals surface area contributed by atoms with Crippen molar-refractivity contribution in [2.24, 2.45) is 14.1 Å². The second-order valence-corrected chi connectivity index (χ2v) is 4.48. The fourth-order valence-electron chi connectivity index (χ4n) is 1.92. The van der Waals surface area contributed by atoms with Gasteiger partial charge in [0.1, 0.15) is 11.3 Å². The second kappa shape index (κ2) is 4.41. The number of rotatable bonds is 2. The Morgan fingerprint density at radius 2 is 2.00 bits per heavy atom. The van der Waals surface area contributed by atoms with Crippen molar-refractivity contribution in [2.45, 2.75) is 6.92 Å². The molecule has 0 spiro atoms. The standard InChI is InChI=1S/C12H13N7O/c1-7-4-9(19(3)17-7)15-12-14-5-8-11(16-12)18(2)10(20)6-13-8/h4-6H,1-3H3,(H,14,15,16). The maximum atomic E-state index is 11.6. The molecule has 1 N–H and O–H groups in total. The first-order valence-electron chi connectivity index (χ1n) is 6.01. The van der Waals surface area contributed by atoms with Crippen LogP contribution in [-0.4, -0.2) is 29.3 Å². The Morgan fingerprint density at radius 1 is 1.20 bits per heavy atom. The summed E-state index contributed by atoms with van der Waals surface area (Å²) in [5.41, 5.74) is 1.73. The predicted octanol–water partition coefficient (Wildman–Crippen LogP) is 0.509. The fourth-order valence-corrected chi connectivity index (χ4v) is 1.92. The molecule has 20 heavy (non-hydrogen) atoms. The normalized spacial score (nSPS) is 10.9. The van der Waals surface area contributed by atoms with Gasteiger partial charge in [0.15, 0.2) is 5.65 Å². The highest BCUT2D eigenvalue weighted by Gasteiger charge is 2.07. The average Bonchev–Trinajstić information content (AvgIpc) is 2.73. The summed E-state index contributed by atoms with van der Waals surface area (Å²) in [6.45, 7) is 1.90. The van der Waals surface area contributed by atoms with Crippen molar-refractivity contribution in [1.82, 2.24) is 29.3 Å². The first kappa shape index (κ1) is 12.3. The van der Waals surface area contributed by atoms with Gasteiger partial charge < -0.3 is 5.32 Å². The van der Waals surface area contributed by atoms with Gasteiger partial charge in [-0.3, -0.25) is 14.0 Å². The molecule has 8 heteroatoms. The molecule has 0 unspecified atom stereocenters. The van der Waals surface area contributed by atoms with Crippen molar-refractivity contribution < 1.29 is 0 Å². The molecule has 0 aliphatic carbocycles. The number of nitrogens with zero attached hydrogens (tertiary/aromatic N) is 6. The van der Waals surface area contributed by atoms with E-state index in [4.69, 9.17) is 0 Å². The molecule has 0 fully saturated rings. The number of fused-ring (bicyclic) bond motifs is 1. The van der Waals surface area contributed by atoms with Crippen molar-refractivity contribution in [1.29, 1.82) is 0 Å². The smallest absolute Gasteiger partial charge is 0.270 e. The van der Waals surface area contributed by atoms with E-state index in [0.717, 1.165) is 11.5 Å². The molecular weight excluding hydrogens is 258 g/mol. The summed E-state index contributed by atoms with van der Waals surface area (Å²) in [4.78, 5) is 24.1. The van der Waals surface area contributed by atoms with Crippen molar-refractivity contribution in [3.63, 3.8) is 0 Å². The summed E-state index contributed by atoms with van der Waals surface area (Å²) >= 11 is 0. The minimum Gasteiger partial charge on any atom is -0.309 e. The molecule has 0 amide bonds. The topological polar surface area (TPSA) is 90.5 Å². The van der Waals surface area contributed by atoms with Crippen LogP contribution in [0.2, 0.25) is 0 Å². The highest BCUT2D eigenvalue weighted by atomic mass is 16.1. The van der Waals surface area contributed by atoms with Crippen molar-refractivity contribution in [3.8, 4) is 0 Å². The molecular formula is C12H13N7O. The van der Waals surface area contributed by atoms with Crippen LogP contribution in [0.1, 0.15) is 5.69 Å². The molecule has 3 aromatic rings. The molecule has 0 bridgehead atoms. The van der Waals surface area contributed by atoms with Gasteiger partial charge in [-0.2, -0.15) is 10.1 Å². The van der Waals surface area contributed by atoms with Gasteiger partial charge in [0.05, 0.1) is 18.1 Å². The van der Waals surface area contributed by atoms with Crippen LogP contribution in [0.15, 0.2) is 23.3 Å². The molecule has 102 valence electrons. The van der Waals surface area contributed by atoms with Crippen molar-refractivity contribution in [3.05, 3.63) is 34.5 Å². The van der Waals surface area contributed by atoms with E-state index in [2.05, 4.69) is 25.4 Å². The first-order valence-corrected chi connectivity index (χ1v) is 6.01. The third kappa shape index (κ3) is 2.00. The van der Waals surface area contributed by atoms with Crippen LogP contribution in [0.4, 0.5) is 11.8 Å². The molecule has 3 aromatic heterocycles. The number of hydrogen-bond donors (Lipinski definition) is 1. The van der Waals surface area contributed by atoms with Gasteiger partial charge in [0.25, 0.3) is 5.56 Å². The van der Waals surface area contributed by atoms with E-state index >= 15 is 0 Å². The highest BCUT2D eigenvalue weighted by Crippen LogP contribution is 2.14. The zero-order valence-electron chi connectivity index (χ0n) is 11.3. The average molecular weight is 271 g/mol. The van der Waals surface area contributed by atoms with E-state index < -0.39 is 0 Å². The van der Waals surface area contributed by atoms with Crippen LogP contribution in [0.25, 0.3) is 11.2 Å². The maximum absolute atomic E-state index is 11.6. The van der Waals surface area contributed by atoms with E-state index in [1.807, 2.05) is 20.0 Å². The van der Waals surface area contributed by atoms with Crippen LogP contribution in [0.5, 0.6) is 0 Å². The molecule has 0 saturated carbocycles. The summed E-state index contributed by atoms with van der Waals surface area (Å²) in [5, 5.41) is 7.30. The fraction of sp³-hybridized carbons (Fsp3) is 0.250. The van der Waals surface area contributed by atoms with Crippen LogP contribution in [0, 0.1) is 6.92 Å². The number of aryl methyl sites for hydroxylation is 3. The molecule has 0 atom stereocenters. The molecule has 0 aliphatic heterocycles. The van der Waals surface area contributed by atoms with Crippen LogP contribution >= 0.6 is 0 Å². The third-order valence-electron chi connectivity index (χ3n) is 2.95. The summed E-state index contributed by atoms with van der Waals surface area (Å²) in [6.07, 6.45) is 2.83. The van der Waals surface area contributed by atoms with Gasteiger partial charge in [-0.15, -0.1) is 0 Å². The molecule has 8 nitrogen and oxygen atoms in total. The largest absolute Gasteiger partial charge is 0.309 e. The lowest BCUT2D eigenvalue weighted by molar-refractivity contribution is 0.763. The van der Waals surface area contributed by atoms with E-state index in [9.17, 15) is 4.79 Å². The SMILES string of the molecule is Cc1cc(Nc2ncc3ncc(=O)n(C)c3n2)n(C)n1. The summed E-state index contributed by atoms with van der Waals surface area (Å²) in [6, 6.07) is 1.88. The number of hydrogen-bond acceptors (Lipinski definition) is 6. The summed E-state index contributed by atoms with van der Waals surface area (Å²) in [5.74, 6) is 1.17. The second-order valence-electron chi connectivity index (χ2n) is 4.48.